The smallest absolute Gasteiger partial charge is 0.266 e. The molecule has 5 nitrogen and oxygen atoms in total. The van der Waals surface area contributed by atoms with Crippen LogP contribution in [0.25, 0.3) is 10.8 Å². The average molecular weight is 326 g/mol. The molecule has 0 aliphatic carbocycles. The minimum Gasteiger partial charge on any atom is -0.273 e. The maximum Gasteiger partial charge on any atom is 0.266 e. The van der Waals surface area contributed by atoms with Gasteiger partial charge in [0.15, 0.2) is 0 Å². The summed E-state index contributed by atoms with van der Waals surface area (Å²) in [6.07, 6.45) is 0. The van der Waals surface area contributed by atoms with Crippen LogP contribution in [0.15, 0.2) is 77.7 Å². The average Bonchev–Trinajstić information content (AvgIpc) is 2.60. The van der Waals surface area contributed by atoms with Gasteiger partial charge >= 0.3 is 0 Å². The summed E-state index contributed by atoms with van der Waals surface area (Å²) in [6, 6.07) is 20.6. The standard InChI is InChI=1S/C17H14N2O3S/c20-17(15-11-10-13-6-4-5-7-14(13)12-15)18-19-23(21,22)16-8-2-1-3-9-16/h1-12,19H,(H,18,20). The van der Waals surface area contributed by atoms with Crippen molar-refractivity contribution in [2.45, 2.75) is 4.90 Å². The van der Waals surface area contributed by atoms with E-state index in [2.05, 4.69) is 10.3 Å². The van der Waals surface area contributed by atoms with Crippen molar-refractivity contribution >= 4 is 26.7 Å². The maximum atomic E-state index is 12.1. The quantitative estimate of drug-likeness (QED) is 0.723. The summed E-state index contributed by atoms with van der Waals surface area (Å²) in [4.78, 5) is 14.3. The topological polar surface area (TPSA) is 75.3 Å². The van der Waals surface area contributed by atoms with Crippen molar-refractivity contribution in [3.8, 4) is 0 Å². The molecule has 0 heterocycles. The Kier molecular flexibility index (Phi) is 4.10. The van der Waals surface area contributed by atoms with E-state index in [-0.39, 0.29) is 4.90 Å². The Labute approximate surface area is 134 Å². The van der Waals surface area contributed by atoms with Gasteiger partial charge in [-0.15, -0.1) is 4.83 Å². The second-order valence-electron chi connectivity index (χ2n) is 4.93. The largest absolute Gasteiger partial charge is 0.273 e. The van der Waals surface area contributed by atoms with Gasteiger partial charge < -0.3 is 0 Å². The first kappa shape index (κ1) is 15.2. The number of rotatable bonds is 4. The number of benzene rings is 3. The van der Waals surface area contributed by atoms with E-state index in [1.807, 2.05) is 30.3 Å². The van der Waals surface area contributed by atoms with Gasteiger partial charge in [-0.2, -0.15) is 0 Å². The molecular weight excluding hydrogens is 312 g/mol. The van der Waals surface area contributed by atoms with E-state index in [9.17, 15) is 13.2 Å². The molecule has 0 aliphatic rings. The lowest BCUT2D eigenvalue weighted by molar-refractivity contribution is 0.0945. The Hall–Kier alpha value is -2.70. The first-order chi connectivity index (χ1) is 11.1. The molecule has 3 aromatic rings. The van der Waals surface area contributed by atoms with Crippen molar-refractivity contribution in [1.82, 2.24) is 10.3 Å². The summed E-state index contributed by atoms with van der Waals surface area (Å²) >= 11 is 0. The van der Waals surface area contributed by atoms with Gasteiger partial charge in [-0.25, -0.2) is 8.42 Å². The Morgan fingerprint density at radius 2 is 1.43 bits per heavy atom. The lowest BCUT2D eigenvalue weighted by Crippen LogP contribution is -2.41. The van der Waals surface area contributed by atoms with Crippen molar-refractivity contribution < 1.29 is 13.2 Å². The molecule has 0 aromatic heterocycles. The summed E-state index contributed by atoms with van der Waals surface area (Å²) in [5.74, 6) is -0.518. The van der Waals surface area contributed by atoms with Crippen molar-refractivity contribution in [3.63, 3.8) is 0 Å². The molecule has 0 radical (unpaired) electrons. The van der Waals surface area contributed by atoms with Crippen LogP contribution in [0.1, 0.15) is 10.4 Å². The van der Waals surface area contributed by atoms with Crippen LogP contribution in [0, 0.1) is 0 Å². The minimum atomic E-state index is -3.79. The summed E-state index contributed by atoms with van der Waals surface area (Å²) in [6.45, 7) is 0. The molecule has 0 saturated carbocycles. The normalized spacial score (nSPS) is 11.3. The summed E-state index contributed by atoms with van der Waals surface area (Å²) in [7, 11) is -3.79. The highest BCUT2D eigenvalue weighted by molar-refractivity contribution is 7.89. The Balaban J connectivity index is 1.76. The first-order valence-electron chi connectivity index (χ1n) is 6.92. The number of hydrogen-bond acceptors (Lipinski definition) is 3. The van der Waals surface area contributed by atoms with Crippen LogP contribution in [0.4, 0.5) is 0 Å². The molecule has 0 spiro atoms. The summed E-state index contributed by atoms with van der Waals surface area (Å²) < 4.78 is 24.1. The van der Waals surface area contributed by atoms with Gasteiger partial charge in [0.05, 0.1) is 4.90 Å². The highest BCUT2D eigenvalue weighted by atomic mass is 32.2. The van der Waals surface area contributed by atoms with Crippen molar-refractivity contribution in [1.29, 1.82) is 0 Å². The molecule has 0 bridgehead atoms. The third kappa shape index (κ3) is 3.39. The van der Waals surface area contributed by atoms with Crippen LogP contribution >= 0.6 is 0 Å². The van der Waals surface area contributed by atoms with Crippen LogP contribution in [0.5, 0.6) is 0 Å². The summed E-state index contributed by atoms with van der Waals surface area (Å²) in [5.41, 5.74) is 2.60. The number of hydrogen-bond donors (Lipinski definition) is 2. The van der Waals surface area contributed by atoms with E-state index in [1.165, 1.54) is 12.1 Å². The molecule has 0 aliphatic heterocycles. The monoisotopic (exact) mass is 326 g/mol. The molecule has 116 valence electrons. The number of hydrazine groups is 1. The Bertz CT molecular complexity index is 954. The lowest BCUT2D eigenvalue weighted by atomic mass is 10.1. The molecule has 0 atom stereocenters. The number of carbonyl (C=O) groups excluding carboxylic acids is 1. The van der Waals surface area contributed by atoms with Crippen molar-refractivity contribution in [2.24, 2.45) is 0 Å². The second-order valence-corrected chi connectivity index (χ2v) is 6.62. The molecular formula is C17H14N2O3S. The highest BCUT2D eigenvalue weighted by Crippen LogP contribution is 2.15. The molecule has 3 aromatic carbocycles. The van der Waals surface area contributed by atoms with E-state index < -0.39 is 15.9 Å². The highest BCUT2D eigenvalue weighted by Gasteiger charge is 2.15. The molecule has 6 heteroatoms. The number of fused-ring (bicyclic) bond motifs is 1. The third-order valence-corrected chi connectivity index (χ3v) is 4.63. The number of carbonyl (C=O) groups is 1. The minimum absolute atomic E-state index is 0.0822. The third-order valence-electron chi connectivity index (χ3n) is 3.36. The van der Waals surface area contributed by atoms with Crippen LogP contribution < -0.4 is 10.3 Å². The zero-order chi connectivity index (χ0) is 16.3. The number of nitrogens with one attached hydrogen (secondary N) is 2. The predicted octanol–water partition coefficient (Wildman–Crippen LogP) is 2.46. The van der Waals surface area contributed by atoms with Gasteiger partial charge in [-0.3, -0.25) is 10.2 Å². The van der Waals surface area contributed by atoms with Gasteiger partial charge in [0.2, 0.25) is 0 Å². The van der Waals surface area contributed by atoms with Crippen molar-refractivity contribution in [2.75, 3.05) is 0 Å². The van der Waals surface area contributed by atoms with E-state index in [0.29, 0.717) is 5.56 Å². The number of amides is 1. The molecule has 0 fully saturated rings. The second kappa shape index (κ2) is 6.20. The molecule has 0 unspecified atom stereocenters. The van der Waals surface area contributed by atoms with Crippen molar-refractivity contribution in [3.05, 3.63) is 78.4 Å². The summed E-state index contributed by atoms with van der Waals surface area (Å²) in [5, 5.41) is 1.92. The Morgan fingerprint density at radius 3 is 2.17 bits per heavy atom. The molecule has 2 N–H and O–H groups in total. The fraction of sp³-hybridized carbons (Fsp3) is 0. The molecule has 1 amide bonds. The van der Waals surface area contributed by atoms with Gasteiger partial charge in [0.25, 0.3) is 15.9 Å². The van der Waals surface area contributed by atoms with Crippen LogP contribution in [-0.2, 0) is 10.0 Å². The SMILES string of the molecule is O=C(NNS(=O)(=O)c1ccccc1)c1ccc2ccccc2c1. The van der Waals surface area contributed by atoms with Gasteiger partial charge in [0, 0.05) is 5.56 Å². The van der Waals surface area contributed by atoms with E-state index in [0.717, 1.165) is 10.8 Å². The van der Waals surface area contributed by atoms with E-state index in [4.69, 9.17) is 0 Å². The lowest BCUT2D eigenvalue weighted by Gasteiger charge is -2.09. The van der Waals surface area contributed by atoms with Gasteiger partial charge in [-0.05, 0) is 35.0 Å². The molecule has 3 rings (SSSR count). The maximum absolute atomic E-state index is 12.1. The fourth-order valence-electron chi connectivity index (χ4n) is 2.17. The predicted molar refractivity (Wildman–Crippen MR) is 88.2 cm³/mol. The first-order valence-corrected chi connectivity index (χ1v) is 8.40. The van der Waals surface area contributed by atoms with Crippen LogP contribution in [0.3, 0.4) is 0 Å². The number of sulfonamides is 1. The van der Waals surface area contributed by atoms with Crippen LogP contribution in [-0.4, -0.2) is 14.3 Å². The van der Waals surface area contributed by atoms with Gasteiger partial charge in [-0.1, -0.05) is 48.5 Å². The Morgan fingerprint density at radius 1 is 0.783 bits per heavy atom. The fourth-order valence-corrected chi connectivity index (χ4v) is 3.04. The zero-order valence-corrected chi connectivity index (χ0v) is 12.9. The van der Waals surface area contributed by atoms with Crippen LogP contribution in [0.2, 0.25) is 0 Å². The van der Waals surface area contributed by atoms with E-state index >= 15 is 0 Å². The van der Waals surface area contributed by atoms with Gasteiger partial charge in [0.1, 0.15) is 0 Å². The van der Waals surface area contributed by atoms with E-state index in [1.54, 1.807) is 30.3 Å². The molecule has 0 saturated heterocycles. The zero-order valence-electron chi connectivity index (χ0n) is 12.1. The molecule has 23 heavy (non-hydrogen) atoms.